The molecule has 2 aromatic rings. The Balaban J connectivity index is 1.76. The summed E-state index contributed by atoms with van der Waals surface area (Å²) in [5, 5.41) is 6.41. The summed E-state index contributed by atoms with van der Waals surface area (Å²) in [4.78, 5) is 12.5. The zero-order chi connectivity index (χ0) is 17.9. The third kappa shape index (κ3) is 3.01. The molecule has 0 N–H and O–H groups in total. The van der Waals surface area contributed by atoms with Crippen molar-refractivity contribution in [3.63, 3.8) is 0 Å². The number of amides is 1. The molecule has 2 aliphatic rings. The number of rotatable bonds is 3. The molecule has 2 aromatic carbocycles. The summed E-state index contributed by atoms with van der Waals surface area (Å²) >= 11 is 0. The minimum atomic E-state index is -0.139. The quantitative estimate of drug-likeness (QED) is 0.723. The van der Waals surface area contributed by atoms with Gasteiger partial charge in [-0.1, -0.05) is 67.2 Å². The van der Waals surface area contributed by atoms with Crippen LogP contribution in [-0.4, -0.2) is 16.6 Å². The molecule has 130 valence electrons. The van der Waals surface area contributed by atoms with Crippen LogP contribution in [0.1, 0.15) is 36.4 Å². The summed E-state index contributed by atoms with van der Waals surface area (Å²) in [5.74, 6) is 0.102. The Morgan fingerprint density at radius 3 is 2.46 bits per heavy atom. The fourth-order valence-electron chi connectivity index (χ4n) is 4.01. The van der Waals surface area contributed by atoms with Gasteiger partial charge in [0, 0.05) is 5.92 Å². The summed E-state index contributed by atoms with van der Waals surface area (Å²) in [6, 6.07) is 20.5. The van der Waals surface area contributed by atoms with E-state index in [1.807, 2.05) is 36.4 Å². The Bertz CT molecular complexity index is 868. The summed E-state index contributed by atoms with van der Waals surface area (Å²) in [5.41, 5.74) is 4.61. The zero-order valence-electron chi connectivity index (χ0n) is 14.7. The summed E-state index contributed by atoms with van der Waals surface area (Å²) in [6.07, 6.45) is 6.74. The maximum absolute atomic E-state index is 12.5. The first kappa shape index (κ1) is 16.5. The number of carbonyl (C=O) groups excluding carboxylic acids is 1. The topological polar surface area (TPSA) is 32.7 Å². The molecule has 0 bridgehead atoms. The van der Waals surface area contributed by atoms with Crippen molar-refractivity contribution in [2.24, 2.45) is 11.0 Å². The first-order chi connectivity index (χ1) is 12.8. The van der Waals surface area contributed by atoms with Gasteiger partial charge in [0.15, 0.2) is 0 Å². The van der Waals surface area contributed by atoms with E-state index in [2.05, 4.69) is 36.9 Å². The van der Waals surface area contributed by atoms with Crippen LogP contribution < -0.4 is 0 Å². The van der Waals surface area contributed by atoms with E-state index in [4.69, 9.17) is 5.10 Å². The van der Waals surface area contributed by atoms with Gasteiger partial charge in [-0.2, -0.15) is 5.10 Å². The Morgan fingerprint density at radius 1 is 1.08 bits per heavy atom. The highest BCUT2D eigenvalue weighted by atomic mass is 16.2. The van der Waals surface area contributed by atoms with Crippen molar-refractivity contribution >= 4 is 17.7 Å². The molecule has 4 rings (SSSR count). The van der Waals surface area contributed by atoms with Crippen molar-refractivity contribution in [1.29, 1.82) is 0 Å². The number of fused-ring (bicyclic) bond motifs is 1. The van der Waals surface area contributed by atoms with Crippen molar-refractivity contribution in [3.8, 4) is 0 Å². The number of hydrogen-bond donors (Lipinski definition) is 0. The predicted molar refractivity (Wildman–Crippen MR) is 105 cm³/mol. The minimum Gasteiger partial charge on any atom is -0.268 e. The molecule has 1 aliphatic heterocycles. The number of benzene rings is 2. The highest BCUT2D eigenvalue weighted by molar-refractivity contribution is 6.08. The van der Waals surface area contributed by atoms with E-state index in [0.717, 1.165) is 30.5 Å². The molecule has 0 spiro atoms. The number of hydrazone groups is 1. The normalized spacial score (nSPS) is 23.5. The molecular formula is C23H22N2O. The average molecular weight is 342 g/mol. The Kier molecular flexibility index (Phi) is 4.53. The van der Waals surface area contributed by atoms with Crippen molar-refractivity contribution in [2.45, 2.75) is 25.3 Å². The van der Waals surface area contributed by atoms with Gasteiger partial charge in [-0.15, -0.1) is 0 Å². The SMILES string of the molecule is C=CC(=O)N1N=C2/C(=C/c3ccccc3)CCC[C@@H]2[C@@H]1c1ccccc1. The van der Waals surface area contributed by atoms with Crippen molar-refractivity contribution in [1.82, 2.24) is 5.01 Å². The van der Waals surface area contributed by atoms with Crippen molar-refractivity contribution in [2.75, 3.05) is 0 Å². The van der Waals surface area contributed by atoms with E-state index in [9.17, 15) is 4.79 Å². The van der Waals surface area contributed by atoms with Gasteiger partial charge < -0.3 is 0 Å². The second-order valence-electron chi connectivity index (χ2n) is 6.81. The average Bonchev–Trinajstić information content (AvgIpc) is 3.09. The highest BCUT2D eigenvalue weighted by Gasteiger charge is 2.42. The molecule has 1 fully saturated rings. The van der Waals surface area contributed by atoms with Gasteiger partial charge in [0.1, 0.15) is 0 Å². The standard InChI is InChI=1S/C23H22N2O/c1-2-21(26)25-23(18-12-7-4-8-13-18)20-15-9-14-19(22(20)24-25)16-17-10-5-3-6-11-17/h2-8,10-13,16,20,23H,1,9,14-15H2/b19-16+/t20-,23-/m0/s1. The number of carbonyl (C=O) groups is 1. The zero-order valence-corrected chi connectivity index (χ0v) is 14.7. The first-order valence-electron chi connectivity index (χ1n) is 9.13. The molecule has 1 aliphatic carbocycles. The summed E-state index contributed by atoms with van der Waals surface area (Å²) in [7, 11) is 0. The van der Waals surface area contributed by atoms with Gasteiger partial charge in [-0.3, -0.25) is 4.79 Å². The Labute approximate surface area is 154 Å². The molecule has 1 amide bonds. The lowest BCUT2D eigenvalue weighted by atomic mass is 9.77. The molecule has 3 nitrogen and oxygen atoms in total. The van der Waals surface area contributed by atoms with Crippen LogP contribution in [-0.2, 0) is 4.79 Å². The van der Waals surface area contributed by atoms with Gasteiger partial charge in [-0.25, -0.2) is 5.01 Å². The number of hydrogen-bond acceptors (Lipinski definition) is 2. The molecule has 1 heterocycles. The summed E-state index contributed by atoms with van der Waals surface area (Å²) < 4.78 is 0. The van der Waals surface area contributed by atoms with Crippen LogP contribution >= 0.6 is 0 Å². The van der Waals surface area contributed by atoms with E-state index < -0.39 is 0 Å². The molecule has 0 aromatic heterocycles. The van der Waals surface area contributed by atoms with Gasteiger partial charge in [-0.05, 0) is 48.1 Å². The minimum absolute atomic E-state index is 0.0452. The fourth-order valence-corrected chi connectivity index (χ4v) is 4.01. The second kappa shape index (κ2) is 7.12. The van der Waals surface area contributed by atoms with E-state index in [1.165, 1.54) is 17.2 Å². The molecule has 1 saturated carbocycles. The van der Waals surface area contributed by atoms with E-state index in [1.54, 1.807) is 5.01 Å². The van der Waals surface area contributed by atoms with Crippen LogP contribution in [0.5, 0.6) is 0 Å². The van der Waals surface area contributed by atoms with Crippen LogP contribution in [0.3, 0.4) is 0 Å². The fraction of sp³-hybridized carbons (Fsp3) is 0.217. The third-order valence-corrected chi connectivity index (χ3v) is 5.18. The van der Waals surface area contributed by atoms with Crippen LogP contribution in [0.2, 0.25) is 0 Å². The molecule has 0 unspecified atom stereocenters. The van der Waals surface area contributed by atoms with Gasteiger partial charge in [0.2, 0.25) is 0 Å². The van der Waals surface area contributed by atoms with E-state index in [-0.39, 0.29) is 17.9 Å². The Morgan fingerprint density at radius 2 is 1.77 bits per heavy atom. The maximum atomic E-state index is 12.5. The first-order valence-corrected chi connectivity index (χ1v) is 9.13. The van der Waals surface area contributed by atoms with Crippen molar-refractivity contribution in [3.05, 3.63) is 90.0 Å². The smallest absolute Gasteiger partial charge is 0.266 e. The molecule has 26 heavy (non-hydrogen) atoms. The molecule has 2 atom stereocenters. The monoisotopic (exact) mass is 342 g/mol. The maximum Gasteiger partial charge on any atom is 0.266 e. The van der Waals surface area contributed by atoms with Gasteiger partial charge in [0.05, 0.1) is 11.8 Å². The number of nitrogens with zero attached hydrogens (tertiary/aromatic N) is 2. The Hall–Kier alpha value is -2.94. The van der Waals surface area contributed by atoms with Gasteiger partial charge >= 0.3 is 0 Å². The van der Waals surface area contributed by atoms with Crippen LogP contribution in [0, 0.1) is 5.92 Å². The van der Waals surface area contributed by atoms with Crippen LogP contribution in [0.15, 0.2) is 84.0 Å². The molecule has 0 saturated heterocycles. The second-order valence-corrected chi connectivity index (χ2v) is 6.81. The highest BCUT2D eigenvalue weighted by Crippen LogP contribution is 2.44. The molecule has 0 radical (unpaired) electrons. The van der Waals surface area contributed by atoms with Crippen LogP contribution in [0.25, 0.3) is 6.08 Å². The summed E-state index contributed by atoms with van der Waals surface area (Å²) in [6.45, 7) is 3.66. The third-order valence-electron chi connectivity index (χ3n) is 5.18. The van der Waals surface area contributed by atoms with Gasteiger partial charge in [0.25, 0.3) is 5.91 Å². The van der Waals surface area contributed by atoms with E-state index in [0.29, 0.717) is 0 Å². The lowest BCUT2D eigenvalue weighted by molar-refractivity contribution is -0.128. The molecular weight excluding hydrogens is 320 g/mol. The van der Waals surface area contributed by atoms with Crippen molar-refractivity contribution < 1.29 is 4.79 Å². The molecule has 3 heteroatoms. The lowest BCUT2D eigenvalue weighted by Gasteiger charge is -2.29. The van der Waals surface area contributed by atoms with E-state index >= 15 is 0 Å². The predicted octanol–water partition coefficient (Wildman–Crippen LogP) is 5.00. The number of allylic oxidation sites excluding steroid dienone is 1. The lowest BCUT2D eigenvalue weighted by Crippen LogP contribution is -2.30. The van der Waals surface area contributed by atoms with Crippen LogP contribution in [0.4, 0.5) is 0 Å². The largest absolute Gasteiger partial charge is 0.268 e.